The third-order valence-electron chi connectivity index (χ3n) is 5.57. The van der Waals surface area contributed by atoms with Crippen molar-refractivity contribution in [1.29, 1.82) is 0 Å². The molecule has 0 aliphatic carbocycles. The molecule has 2 aromatic carbocycles. The summed E-state index contributed by atoms with van der Waals surface area (Å²) in [5.74, 6) is -0.516. The smallest absolute Gasteiger partial charge is 0.246 e. The van der Waals surface area contributed by atoms with Crippen LogP contribution in [0.4, 0.5) is 10.3 Å². The molecule has 0 spiro atoms. The summed E-state index contributed by atoms with van der Waals surface area (Å²) < 4.78 is 20.8. The highest BCUT2D eigenvalue weighted by molar-refractivity contribution is 5.93. The normalized spacial score (nSPS) is 15.4. The van der Waals surface area contributed by atoms with Crippen LogP contribution in [-0.4, -0.2) is 52.1 Å². The van der Waals surface area contributed by atoms with Crippen molar-refractivity contribution >= 4 is 17.8 Å². The van der Waals surface area contributed by atoms with Crippen LogP contribution in [0.2, 0.25) is 0 Å². The van der Waals surface area contributed by atoms with Gasteiger partial charge in [-0.15, -0.1) is 0 Å². The molecule has 4 rings (SSSR count). The molecular formula is C25H27FN4O3. The van der Waals surface area contributed by atoms with Gasteiger partial charge in [0.15, 0.2) is 0 Å². The zero-order valence-electron chi connectivity index (χ0n) is 18.5. The molecule has 2 heterocycles. The number of carbonyl (C=O) groups is 2. The van der Waals surface area contributed by atoms with Crippen LogP contribution < -0.4 is 5.32 Å². The Bertz CT molecular complexity index is 1090. The van der Waals surface area contributed by atoms with Crippen molar-refractivity contribution in [2.75, 3.05) is 25.0 Å². The monoisotopic (exact) mass is 450 g/mol. The largest absolute Gasteiger partial charge is 0.376 e. The van der Waals surface area contributed by atoms with E-state index in [4.69, 9.17) is 4.74 Å². The van der Waals surface area contributed by atoms with E-state index >= 15 is 0 Å². The van der Waals surface area contributed by atoms with Crippen molar-refractivity contribution < 1.29 is 18.7 Å². The summed E-state index contributed by atoms with van der Waals surface area (Å²) in [5, 5.41) is 2.83. The van der Waals surface area contributed by atoms with Gasteiger partial charge >= 0.3 is 0 Å². The Labute approximate surface area is 192 Å². The van der Waals surface area contributed by atoms with E-state index in [1.807, 2.05) is 30.3 Å². The first kappa shape index (κ1) is 22.7. The fraction of sp³-hybridized carbons (Fsp3) is 0.320. The number of carbonyl (C=O) groups excluding carboxylic acids is 2. The molecule has 1 unspecified atom stereocenters. The molecule has 3 aromatic rings. The van der Waals surface area contributed by atoms with Gasteiger partial charge in [-0.05, 0) is 37.1 Å². The third-order valence-corrected chi connectivity index (χ3v) is 5.57. The Morgan fingerprint density at radius 3 is 2.61 bits per heavy atom. The molecule has 1 saturated heterocycles. The zero-order chi connectivity index (χ0) is 23.2. The van der Waals surface area contributed by atoms with Crippen molar-refractivity contribution in [2.24, 2.45) is 0 Å². The first-order chi connectivity index (χ1) is 16.0. The highest BCUT2D eigenvalue weighted by Gasteiger charge is 2.24. The number of amides is 2. The van der Waals surface area contributed by atoms with Gasteiger partial charge in [0.05, 0.1) is 11.8 Å². The van der Waals surface area contributed by atoms with Gasteiger partial charge < -0.3 is 9.64 Å². The van der Waals surface area contributed by atoms with E-state index in [1.54, 1.807) is 29.8 Å². The number of hydrogen-bond donors (Lipinski definition) is 1. The van der Waals surface area contributed by atoms with Crippen molar-refractivity contribution in [3.63, 3.8) is 0 Å². The number of aromatic nitrogens is 2. The van der Waals surface area contributed by atoms with Gasteiger partial charge in [-0.25, -0.2) is 9.37 Å². The molecule has 7 nitrogen and oxygen atoms in total. The molecule has 0 saturated carbocycles. The van der Waals surface area contributed by atoms with Crippen LogP contribution in [0.15, 0.2) is 60.8 Å². The number of imidazole rings is 1. The highest BCUT2D eigenvalue weighted by atomic mass is 19.1. The summed E-state index contributed by atoms with van der Waals surface area (Å²) in [4.78, 5) is 31.5. The van der Waals surface area contributed by atoms with Gasteiger partial charge in [-0.3, -0.25) is 19.5 Å². The maximum atomic E-state index is 13.5. The summed E-state index contributed by atoms with van der Waals surface area (Å²) in [7, 11) is 0. The van der Waals surface area contributed by atoms with Gasteiger partial charge in [0.2, 0.25) is 17.8 Å². The lowest BCUT2D eigenvalue weighted by molar-refractivity contribution is -0.135. The quantitative estimate of drug-likeness (QED) is 0.562. The molecule has 1 aromatic heterocycles. The van der Waals surface area contributed by atoms with E-state index in [9.17, 15) is 14.0 Å². The molecule has 1 aliphatic rings. The van der Waals surface area contributed by atoms with E-state index < -0.39 is 0 Å². The number of rotatable bonds is 8. The number of ether oxygens (including phenoxy) is 1. The SMILES string of the molecule is CCC(=O)N(CC(=O)Nc1nc(-c2ccccc2)cn1-c1ccc(F)cc1)CC1CCCO1. The molecule has 1 fully saturated rings. The van der Waals surface area contributed by atoms with E-state index in [-0.39, 0.29) is 30.3 Å². The molecule has 0 bridgehead atoms. The maximum absolute atomic E-state index is 13.5. The molecular weight excluding hydrogens is 423 g/mol. The number of nitrogens with one attached hydrogen (secondary N) is 1. The Morgan fingerprint density at radius 1 is 1.18 bits per heavy atom. The van der Waals surface area contributed by atoms with Crippen LogP contribution in [0.5, 0.6) is 0 Å². The highest BCUT2D eigenvalue weighted by Crippen LogP contribution is 2.24. The minimum Gasteiger partial charge on any atom is -0.376 e. The van der Waals surface area contributed by atoms with Gasteiger partial charge in [0.25, 0.3) is 0 Å². The summed E-state index contributed by atoms with van der Waals surface area (Å²) in [6.07, 6.45) is 3.90. The number of anilines is 1. The van der Waals surface area contributed by atoms with Crippen LogP contribution in [0.1, 0.15) is 26.2 Å². The summed E-state index contributed by atoms with van der Waals surface area (Å²) in [5.41, 5.74) is 2.20. The van der Waals surface area contributed by atoms with E-state index in [1.165, 1.54) is 17.0 Å². The van der Waals surface area contributed by atoms with E-state index in [2.05, 4.69) is 10.3 Å². The summed E-state index contributed by atoms with van der Waals surface area (Å²) in [6.45, 7) is 2.75. The van der Waals surface area contributed by atoms with Crippen molar-refractivity contribution in [3.05, 3.63) is 66.6 Å². The molecule has 2 amide bonds. The van der Waals surface area contributed by atoms with Crippen molar-refractivity contribution in [2.45, 2.75) is 32.3 Å². The van der Waals surface area contributed by atoms with Gasteiger partial charge in [0.1, 0.15) is 12.4 Å². The Kier molecular flexibility index (Phi) is 7.14. The van der Waals surface area contributed by atoms with Crippen molar-refractivity contribution in [3.8, 4) is 16.9 Å². The number of nitrogens with zero attached hydrogens (tertiary/aromatic N) is 3. The minimum atomic E-state index is -0.358. The Hall–Kier alpha value is -3.52. The number of halogens is 1. The molecule has 1 aliphatic heterocycles. The van der Waals surface area contributed by atoms with Gasteiger partial charge in [-0.1, -0.05) is 37.3 Å². The lowest BCUT2D eigenvalue weighted by Gasteiger charge is -2.24. The fourth-order valence-electron chi connectivity index (χ4n) is 3.86. The summed E-state index contributed by atoms with van der Waals surface area (Å²) in [6, 6.07) is 15.5. The van der Waals surface area contributed by atoms with E-state index in [0.717, 1.165) is 18.4 Å². The van der Waals surface area contributed by atoms with Gasteiger partial charge in [-0.2, -0.15) is 0 Å². The molecule has 8 heteroatoms. The maximum Gasteiger partial charge on any atom is 0.246 e. The number of hydrogen-bond acceptors (Lipinski definition) is 4. The second kappa shape index (κ2) is 10.4. The second-order valence-corrected chi connectivity index (χ2v) is 7.97. The predicted octanol–water partition coefficient (Wildman–Crippen LogP) is 4.03. The Morgan fingerprint density at radius 2 is 1.94 bits per heavy atom. The lowest BCUT2D eigenvalue weighted by atomic mass is 10.2. The lowest BCUT2D eigenvalue weighted by Crippen LogP contribution is -2.42. The predicted molar refractivity (Wildman–Crippen MR) is 123 cm³/mol. The molecule has 33 heavy (non-hydrogen) atoms. The third kappa shape index (κ3) is 5.64. The second-order valence-electron chi connectivity index (χ2n) is 7.97. The van der Waals surface area contributed by atoms with Crippen LogP contribution in [0.25, 0.3) is 16.9 Å². The average Bonchev–Trinajstić information content (AvgIpc) is 3.49. The van der Waals surface area contributed by atoms with Crippen LogP contribution in [-0.2, 0) is 14.3 Å². The summed E-state index contributed by atoms with van der Waals surface area (Å²) >= 11 is 0. The standard InChI is InChI=1S/C25H27FN4O3/c1-2-24(32)29(15-21-9-6-14-33-21)17-23(31)28-25-27-22(18-7-4-3-5-8-18)16-30(25)20-12-10-19(26)11-13-20/h3-5,7-8,10-13,16,21H,2,6,9,14-15,17H2,1H3,(H,27,28,31). The van der Waals surface area contributed by atoms with Gasteiger partial charge in [0, 0.05) is 37.0 Å². The van der Waals surface area contributed by atoms with Crippen molar-refractivity contribution in [1.82, 2.24) is 14.5 Å². The first-order valence-electron chi connectivity index (χ1n) is 11.1. The topological polar surface area (TPSA) is 76.5 Å². The molecule has 172 valence electrons. The van der Waals surface area contributed by atoms with Crippen LogP contribution >= 0.6 is 0 Å². The number of benzene rings is 2. The molecule has 0 radical (unpaired) electrons. The molecule has 1 N–H and O–H groups in total. The Balaban J connectivity index is 1.57. The van der Waals surface area contributed by atoms with E-state index in [0.29, 0.717) is 36.9 Å². The van der Waals surface area contributed by atoms with Crippen LogP contribution in [0, 0.1) is 5.82 Å². The zero-order valence-corrected chi connectivity index (χ0v) is 18.5. The first-order valence-corrected chi connectivity index (χ1v) is 11.1. The molecule has 1 atom stereocenters. The fourth-order valence-corrected chi connectivity index (χ4v) is 3.86. The minimum absolute atomic E-state index is 0.0424. The van der Waals surface area contributed by atoms with Crippen LogP contribution in [0.3, 0.4) is 0 Å². The average molecular weight is 451 g/mol.